The van der Waals surface area contributed by atoms with Gasteiger partial charge in [0.2, 0.25) is 5.13 Å². The molecule has 0 atom stereocenters. The van der Waals surface area contributed by atoms with Gasteiger partial charge in [-0.2, -0.15) is 0 Å². The molecule has 4 rings (SSSR count). The molecule has 1 heterocycles. The highest BCUT2D eigenvalue weighted by atomic mass is 79.9. The minimum Gasteiger partial charge on any atom is -0.352 e. The minimum absolute atomic E-state index is 0.157. The lowest BCUT2D eigenvalue weighted by molar-refractivity contribution is 0.0953. The fourth-order valence-electron chi connectivity index (χ4n) is 3.14. The van der Waals surface area contributed by atoms with Gasteiger partial charge in [-0.15, -0.1) is 22.0 Å². The molecule has 0 bridgehead atoms. The summed E-state index contributed by atoms with van der Waals surface area (Å²) in [6.45, 7) is 0.412. The number of hydrogen-bond donors (Lipinski definition) is 2. The van der Waals surface area contributed by atoms with Crippen molar-refractivity contribution in [1.29, 1.82) is 0 Å². The van der Waals surface area contributed by atoms with Crippen molar-refractivity contribution in [2.45, 2.75) is 17.1 Å². The Morgan fingerprint density at radius 2 is 1.77 bits per heavy atom. The molecule has 0 aliphatic heterocycles. The SMILES string of the molecule is O=C(NCCc1nnc(NC(=O)c2ccccc2SCc2ccccc2Cl)s1)c1cccc(Br)c1. The van der Waals surface area contributed by atoms with E-state index in [1.54, 1.807) is 30.0 Å². The number of rotatable bonds is 9. The Morgan fingerprint density at radius 1 is 0.971 bits per heavy atom. The van der Waals surface area contributed by atoms with Crippen LogP contribution in [0.25, 0.3) is 0 Å². The first-order valence-electron chi connectivity index (χ1n) is 10.6. The molecule has 0 aliphatic carbocycles. The van der Waals surface area contributed by atoms with E-state index in [1.165, 1.54) is 11.3 Å². The molecule has 178 valence electrons. The number of hydrogen-bond acceptors (Lipinski definition) is 6. The zero-order chi connectivity index (χ0) is 24.6. The second-order valence-electron chi connectivity index (χ2n) is 7.35. The number of benzene rings is 3. The molecule has 2 amide bonds. The molecule has 3 aromatic carbocycles. The van der Waals surface area contributed by atoms with Gasteiger partial charge in [0.25, 0.3) is 11.8 Å². The van der Waals surface area contributed by atoms with Gasteiger partial charge in [-0.1, -0.05) is 75.3 Å². The molecule has 0 unspecified atom stereocenters. The van der Waals surface area contributed by atoms with Crippen LogP contribution in [0.5, 0.6) is 0 Å². The van der Waals surface area contributed by atoms with E-state index < -0.39 is 0 Å². The van der Waals surface area contributed by atoms with Crippen LogP contribution >= 0.6 is 50.6 Å². The standard InChI is InChI=1S/C25H20BrClN4O2S2/c26-18-8-5-7-16(14-18)23(32)28-13-12-22-30-31-25(35-22)29-24(33)19-9-2-4-11-21(19)34-15-17-6-1-3-10-20(17)27/h1-11,14H,12-13,15H2,(H,28,32)(H,29,31,33). The van der Waals surface area contributed by atoms with E-state index in [0.29, 0.717) is 40.0 Å². The molecule has 0 aliphatic rings. The smallest absolute Gasteiger partial charge is 0.258 e. The van der Waals surface area contributed by atoms with E-state index in [9.17, 15) is 9.59 Å². The highest BCUT2D eigenvalue weighted by molar-refractivity contribution is 9.10. The Labute approximate surface area is 224 Å². The molecular weight excluding hydrogens is 568 g/mol. The first kappa shape index (κ1) is 25.4. The molecule has 10 heteroatoms. The van der Waals surface area contributed by atoms with Gasteiger partial charge in [0, 0.05) is 38.7 Å². The van der Waals surface area contributed by atoms with Crippen molar-refractivity contribution < 1.29 is 9.59 Å². The number of aromatic nitrogens is 2. The van der Waals surface area contributed by atoms with Crippen molar-refractivity contribution in [3.05, 3.63) is 104 Å². The third kappa shape index (κ3) is 7.14. The molecule has 0 spiro atoms. The second-order valence-corrected chi connectivity index (χ2v) is 10.7. The zero-order valence-corrected chi connectivity index (χ0v) is 22.3. The van der Waals surface area contributed by atoms with Crippen molar-refractivity contribution in [3.8, 4) is 0 Å². The number of carbonyl (C=O) groups is 2. The van der Waals surface area contributed by atoms with E-state index >= 15 is 0 Å². The van der Waals surface area contributed by atoms with Crippen LogP contribution in [0.15, 0.2) is 82.2 Å². The lowest BCUT2D eigenvalue weighted by atomic mass is 10.2. The van der Waals surface area contributed by atoms with Gasteiger partial charge in [0.15, 0.2) is 0 Å². The maximum absolute atomic E-state index is 12.9. The van der Waals surface area contributed by atoms with Crippen LogP contribution in [-0.4, -0.2) is 28.6 Å². The Balaban J connectivity index is 1.32. The quantitative estimate of drug-likeness (QED) is 0.219. The maximum Gasteiger partial charge on any atom is 0.258 e. The molecule has 0 fully saturated rings. The van der Waals surface area contributed by atoms with Crippen LogP contribution in [0, 0.1) is 0 Å². The lowest BCUT2D eigenvalue weighted by Gasteiger charge is -2.09. The molecule has 4 aromatic rings. The fraction of sp³-hybridized carbons (Fsp3) is 0.120. The summed E-state index contributed by atoms with van der Waals surface area (Å²) in [5.74, 6) is 0.242. The summed E-state index contributed by atoms with van der Waals surface area (Å²) >= 11 is 12.5. The highest BCUT2D eigenvalue weighted by Crippen LogP contribution is 2.29. The van der Waals surface area contributed by atoms with Gasteiger partial charge in [0.1, 0.15) is 5.01 Å². The van der Waals surface area contributed by atoms with Crippen LogP contribution < -0.4 is 10.6 Å². The Hall–Kier alpha value is -2.72. The first-order valence-corrected chi connectivity index (χ1v) is 13.6. The van der Waals surface area contributed by atoms with Crippen LogP contribution in [0.1, 0.15) is 31.3 Å². The highest BCUT2D eigenvalue weighted by Gasteiger charge is 2.15. The topological polar surface area (TPSA) is 84.0 Å². The van der Waals surface area contributed by atoms with E-state index in [1.807, 2.05) is 54.6 Å². The number of nitrogens with one attached hydrogen (secondary N) is 2. The van der Waals surface area contributed by atoms with Crippen LogP contribution in [0.2, 0.25) is 5.02 Å². The maximum atomic E-state index is 12.9. The van der Waals surface area contributed by atoms with Crippen LogP contribution in [0.3, 0.4) is 0 Å². The zero-order valence-electron chi connectivity index (χ0n) is 18.3. The van der Waals surface area contributed by atoms with Crippen LogP contribution in [0.4, 0.5) is 5.13 Å². The van der Waals surface area contributed by atoms with Gasteiger partial charge in [-0.25, -0.2) is 0 Å². The van der Waals surface area contributed by atoms with Gasteiger partial charge in [-0.3, -0.25) is 14.9 Å². The summed E-state index contributed by atoms with van der Waals surface area (Å²) in [6.07, 6.45) is 0.511. The van der Waals surface area contributed by atoms with E-state index in [4.69, 9.17) is 11.6 Å². The Bertz CT molecular complexity index is 1350. The van der Waals surface area contributed by atoms with Crippen molar-refractivity contribution >= 4 is 67.6 Å². The van der Waals surface area contributed by atoms with Gasteiger partial charge in [-0.05, 0) is 42.0 Å². The fourth-order valence-corrected chi connectivity index (χ4v) is 5.60. The van der Waals surface area contributed by atoms with Crippen molar-refractivity contribution in [2.75, 3.05) is 11.9 Å². The molecule has 6 nitrogen and oxygen atoms in total. The van der Waals surface area contributed by atoms with Crippen molar-refractivity contribution in [2.24, 2.45) is 0 Å². The van der Waals surface area contributed by atoms with E-state index in [-0.39, 0.29) is 11.8 Å². The Morgan fingerprint density at radius 3 is 2.60 bits per heavy atom. The van der Waals surface area contributed by atoms with Crippen LogP contribution in [-0.2, 0) is 12.2 Å². The average molecular weight is 588 g/mol. The molecule has 0 saturated carbocycles. The minimum atomic E-state index is -0.252. The predicted molar refractivity (Wildman–Crippen MR) is 145 cm³/mol. The van der Waals surface area contributed by atoms with Gasteiger partial charge in [0.05, 0.1) is 5.56 Å². The number of anilines is 1. The number of carbonyl (C=O) groups excluding carboxylic acids is 2. The molecule has 35 heavy (non-hydrogen) atoms. The van der Waals surface area contributed by atoms with E-state index in [2.05, 4.69) is 36.8 Å². The molecule has 1 aromatic heterocycles. The third-order valence-electron chi connectivity index (χ3n) is 4.87. The molecule has 0 saturated heterocycles. The summed E-state index contributed by atoms with van der Waals surface area (Å²) in [4.78, 5) is 26.0. The second kappa shape index (κ2) is 12.3. The number of amides is 2. The first-order chi connectivity index (χ1) is 17.0. The van der Waals surface area contributed by atoms with E-state index in [0.717, 1.165) is 19.9 Å². The normalized spacial score (nSPS) is 10.7. The molecular formula is C25H20BrClN4O2S2. The largest absolute Gasteiger partial charge is 0.352 e. The number of halogens is 2. The summed E-state index contributed by atoms with van der Waals surface area (Å²) in [6, 6.07) is 22.3. The lowest BCUT2D eigenvalue weighted by Crippen LogP contribution is -2.25. The predicted octanol–water partition coefficient (Wildman–Crippen LogP) is 6.47. The van der Waals surface area contributed by atoms with Crippen molar-refractivity contribution in [1.82, 2.24) is 15.5 Å². The summed E-state index contributed by atoms with van der Waals surface area (Å²) in [5.41, 5.74) is 2.15. The van der Waals surface area contributed by atoms with Gasteiger partial charge >= 0.3 is 0 Å². The number of nitrogens with zero attached hydrogens (tertiary/aromatic N) is 2. The van der Waals surface area contributed by atoms with Gasteiger partial charge < -0.3 is 5.32 Å². The van der Waals surface area contributed by atoms with Crippen molar-refractivity contribution in [3.63, 3.8) is 0 Å². The summed E-state index contributed by atoms with van der Waals surface area (Å²) < 4.78 is 0.846. The molecule has 0 radical (unpaired) electrons. The summed E-state index contributed by atoms with van der Waals surface area (Å²) in [5, 5.41) is 15.7. The Kier molecular flexibility index (Phi) is 8.92. The monoisotopic (exact) mass is 586 g/mol. The average Bonchev–Trinajstić information content (AvgIpc) is 3.30. The third-order valence-corrected chi connectivity index (χ3v) is 7.75. The number of thioether (sulfide) groups is 1. The summed E-state index contributed by atoms with van der Waals surface area (Å²) in [7, 11) is 0. The molecule has 2 N–H and O–H groups in total.